The first-order valence-corrected chi connectivity index (χ1v) is 7.66. The molecule has 1 N–H and O–H groups in total. The molecule has 0 spiro atoms. The largest absolute Gasteiger partial charge is 0.416 e. The van der Waals surface area contributed by atoms with Gasteiger partial charge in [-0.25, -0.2) is 8.42 Å². The van der Waals surface area contributed by atoms with E-state index in [-0.39, 0.29) is 5.56 Å². The monoisotopic (exact) mass is 310 g/mol. The zero-order valence-electron chi connectivity index (χ0n) is 11.3. The van der Waals surface area contributed by atoms with E-state index < -0.39 is 38.2 Å². The van der Waals surface area contributed by atoms with E-state index in [0.29, 0.717) is 0 Å². The molecule has 7 heteroatoms. The van der Waals surface area contributed by atoms with Crippen molar-refractivity contribution in [3.8, 4) is 0 Å². The summed E-state index contributed by atoms with van der Waals surface area (Å²) in [6, 6.07) is 4.02. The Morgan fingerprint density at radius 1 is 1.05 bits per heavy atom. The molecule has 3 unspecified atom stereocenters. The lowest BCUT2D eigenvalue weighted by Gasteiger charge is -2.21. The maximum atomic E-state index is 12.4. The van der Waals surface area contributed by atoms with Crippen LogP contribution in [0.2, 0.25) is 0 Å². The highest BCUT2D eigenvalue weighted by Gasteiger charge is 2.33. The number of aliphatic hydroxyl groups excluding tert-OH is 1. The summed E-state index contributed by atoms with van der Waals surface area (Å²) in [5, 5.41) is 7.41. The molecule has 0 amide bonds. The molecule has 1 rings (SSSR count). The van der Waals surface area contributed by atoms with Crippen LogP contribution in [0.3, 0.4) is 0 Å². The standard InChI is InChI=1S/C13H17F3O3S/c1-8(17)9(2)20(18,19)10(3)11-4-6-12(7-5-11)13(14,15)16/h4-10,17H,1-3H3. The summed E-state index contributed by atoms with van der Waals surface area (Å²) in [6.07, 6.45) is -5.50. The Morgan fingerprint density at radius 3 is 1.85 bits per heavy atom. The Kier molecular flexibility index (Phi) is 4.86. The molecule has 3 nitrogen and oxygen atoms in total. The van der Waals surface area contributed by atoms with Gasteiger partial charge in [-0.2, -0.15) is 13.2 Å². The van der Waals surface area contributed by atoms with Gasteiger partial charge in [0.2, 0.25) is 0 Å². The fourth-order valence-electron chi connectivity index (χ4n) is 1.73. The average molecular weight is 310 g/mol. The van der Waals surface area contributed by atoms with Crippen LogP contribution in [-0.4, -0.2) is 24.9 Å². The second kappa shape index (κ2) is 5.73. The van der Waals surface area contributed by atoms with Gasteiger partial charge in [-0.15, -0.1) is 0 Å². The highest BCUT2D eigenvalue weighted by molar-refractivity contribution is 7.92. The predicted molar refractivity (Wildman–Crippen MR) is 69.9 cm³/mol. The molecule has 0 heterocycles. The van der Waals surface area contributed by atoms with Crippen molar-refractivity contribution in [2.24, 2.45) is 0 Å². The Balaban J connectivity index is 3.07. The fourth-order valence-corrected chi connectivity index (χ4v) is 3.46. The first-order valence-electron chi connectivity index (χ1n) is 6.06. The number of hydrogen-bond donors (Lipinski definition) is 1. The number of hydrogen-bond acceptors (Lipinski definition) is 3. The van der Waals surface area contributed by atoms with Gasteiger partial charge in [-0.05, 0) is 38.5 Å². The first kappa shape index (κ1) is 17.0. The van der Waals surface area contributed by atoms with Gasteiger partial charge < -0.3 is 5.11 Å². The van der Waals surface area contributed by atoms with Crippen LogP contribution in [-0.2, 0) is 16.0 Å². The average Bonchev–Trinajstić information content (AvgIpc) is 2.35. The van der Waals surface area contributed by atoms with Crippen molar-refractivity contribution in [1.29, 1.82) is 0 Å². The zero-order chi connectivity index (χ0) is 15.7. The van der Waals surface area contributed by atoms with Gasteiger partial charge in [0.15, 0.2) is 9.84 Å². The van der Waals surface area contributed by atoms with Crippen LogP contribution in [0.15, 0.2) is 24.3 Å². The molecule has 0 aromatic heterocycles. The van der Waals surface area contributed by atoms with Gasteiger partial charge in [0.25, 0.3) is 0 Å². The molecule has 114 valence electrons. The minimum absolute atomic E-state index is 0.269. The molecule has 0 aliphatic heterocycles. The summed E-state index contributed by atoms with van der Waals surface area (Å²) in [5.41, 5.74) is -0.556. The number of aliphatic hydroxyl groups is 1. The van der Waals surface area contributed by atoms with E-state index >= 15 is 0 Å². The predicted octanol–water partition coefficient (Wildman–Crippen LogP) is 2.95. The lowest BCUT2D eigenvalue weighted by atomic mass is 10.1. The molecule has 20 heavy (non-hydrogen) atoms. The number of halogens is 3. The smallest absolute Gasteiger partial charge is 0.392 e. The van der Waals surface area contributed by atoms with Crippen molar-refractivity contribution >= 4 is 9.84 Å². The number of rotatable bonds is 4. The third-order valence-corrected chi connectivity index (χ3v) is 6.09. The summed E-state index contributed by atoms with van der Waals surface area (Å²) >= 11 is 0. The molecule has 3 atom stereocenters. The van der Waals surface area contributed by atoms with Gasteiger partial charge in [-0.3, -0.25) is 0 Å². The topological polar surface area (TPSA) is 54.4 Å². The molecule has 0 saturated carbocycles. The summed E-state index contributed by atoms with van der Waals surface area (Å²) in [4.78, 5) is 0. The molecule has 1 aromatic carbocycles. The summed E-state index contributed by atoms with van der Waals surface area (Å²) in [6.45, 7) is 4.14. The summed E-state index contributed by atoms with van der Waals surface area (Å²) in [5.74, 6) is 0. The van der Waals surface area contributed by atoms with Crippen LogP contribution >= 0.6 is 0 Å². The van der Waals surface area contributed by atoms with Gasteiger partial charge in [0.1, 0.15) is 0 Å². The maximum Gasteiger partial charge on any atom is 0.416 e. The Bertz CT molecular complexity index is 547. The Hall–Kier alpha value is -1.08. The van der Waals surface area contributed by atoms with E-state index in [9.17, 15) is 26.7 Å². The van der Waals surface area contributed by atoms with Gasteiger partial charge >= 0.3 is 6.18 Å². The third kappa shape index (κ3) is 3.52. The molecule has 0 saturated heterocycles. The van der Waals surface area contributed by atoms with E-state index in [0.717, 1.165) is 24.3 Å². The molecule has 0 bridgehead atoms. The van der Waals surface area contributed by atoms with Crippen LogP contribution in [0.25, 0.3) is 0 Å². The molecular formula is C13H17F3O3S. The zero-order valence-corrected chi connectivity index (χ0v) is 12.2. The molecule has 0 aliphatic carbocycles. The highest BCUT2D eigenvalue weighted by Crippen LogP contribution is 2.32. The van der Waals surface area contributed by atoms with Crippen molar-refractivity contribution in [3.63, 3.8) is 0 Å². The van der Waals surface area contributed by atoms with Crippen LogP contribution in [0, 0.1) is 0 Å². The molecule has 0 fully saturated rings. The third-order valence-electron chi connectivity index (χ3n) is 3.40. The van der Waals surface area contributed by atoms with Gasteiger partial charge in [-0.1, -0.05) is 12.1 Å². The van der Waals surface area contributed by atoms with Crippen LogP contribution < -0.4 is 0 Å². The van der Waals surface area contributed by atoms with E-state index in [1.54, 1.807) is 0 Å². The fraction of sp³-hybridized carbons (Fsp3) is 0.538. The van der Waals surface area contributed by atoms with Crippen molar-refractivity contribution in [2.75, 3.05) is 0 Å². The first-order chi connectivity index (χ1) is 8.98. The molecule has 0 radical (unpaired) electrons. The number of sulfone groups is 1. The highest BCUT2D eigenvalue weighted by atomic mass is 32.2. The molecular weight excluding hydrogens is 293 g/mol. The normalized spacial score (nSPS) is 17.6. The SMILES string of the molecule is CC(O)C(C)S(=O)(=O)C(C)c1ccc(C(F)(F)F)cc1. The van der Waals surface area contributed by atoms with Crippen LogP contribution in [0.5, 0.6) is 0 Å². The van der Waals surface area contributed by atoms with Crippen molar-refractivity contribution < 1.29 is 26.7 Å². The molecule has 0 aliphatic rings. The Morgan fingerprint density at radius 2 is 1.50 bits per heavy atom. The lowest BCUT2D eigenvalue weighted by Crippen LogP contribution is -2.32. The minimum atomic E-state index is -4.45. The molecule has 1 aromatic rings. The second-order valence-corrected chi connectivity index (χ2v) is 7.43. The minimum Gasteiger partial charge on any atom is -0.392 e. The van der Waals surface area contributed by atoms with E-state index in [1.165, 1.54) is 20.8 Å². The van der Waals surface area contributed by atoms with Gasteiger partial charge in [0, 0.05) is 0 Å². The van der Waals surface area contributed by atoms with E-state index in [2.05, 4.69) is 0 Å². The maximum absolute atomic E-state index is 12.4. The van der Waals surface area contributed by atoms with Crippen molar-refractivity contribution in [1.82, 2.24) is 0 Å². The van der Waals surface area contributed by atoms with Crippen molar-refractivity contribution in [3.05, 3.63) is 35.4 Å². The van der Waals surface area contributed by atoms with E-state index in [4.69, 9.17) is 0 Å². The lowest BCUT2D eigenvalue weighted by molar-refractivity contribution is -0.137. The number of alkyl halides is 3. The quantitative estimate of drug-likeness (QED) is 0.930. The van der Waals surface area contributed by atoms with Crippen LogP contribution in [0.4, 0.5) is 13.2 Å². The van der Waals surface area contributed by atoms with Crippen molar-refractivity contribution in [2.45, 2.75) is 43.6 Å². The van der Waals surface area contributed by atoms with E-state index in [1.807, 2.05) is 0 Å². The van der Waals surface area contributed by atoms with Crippen LogP contribution in [0.1, 0.15) is 37.1 Å². The number of benzene rings is 1. The summed E-state index contributed by atoms with van der Waals surface area (Å²) < 4.78 is 61.7. The second-order valence-electron chi connectivity index (χ2n) is 4.80. The van der Waals surface area contributed by atoms with Gasteiger partial charge in [0.05, 0.1) is 22.2 Å². The summed E-state index contributed by atoms with van der Waals surface area (Å²) in [7, 11) is -3.67. The Labute approximate surface area is 116 Å².